The minimum absolute atomic E-state index is 0.325. The smallest absolute Gasteiger partial charge is 0.423 e. The highest BCUT2D eigenvalue weighted by atomic mass is 19.4. The molecule has 0 saturated heterocycles. The maximum absolute atomic E-state index is 12.9. The van der Waals surface area contributed by atoms with Gasteiger partial charge in [-0.05, 0) is 41.7 Å². The van der Waals surface area contributed by atoms with Crippen molar-refractivity contribution >= 4 is 18.3 Å². The molecule has 2 N–H and O–H groups in total. The van der Waals surface area contributed by atoms with Crippen LogP contribution in [0, 0.1) is 0 Å². The van der Waals surface area contributed by atoms with Gasteiger partial charge in [0.2, 0.25) is 0 Å². The van der Waals surface area contributed by atoms with Gasteiger partial charge in [-0.2, -0.15) is 13.2 Å². The molecule has 2 aromatic rings. The molecule has 1 heterocycles. The fraction of sp³-hybridized carbons (Fsp3) is 0.200. The third-order valence-corrected chi connectivity index (χ3v) is 3.53. The Balaban J connectivity index is 1.78. The molecule has 2 aromatic carbocycles. The lowest BCUT2D eigenvalue weighted by atomic mass is 9.73. The predicted molar refractivity (Wildman–Crippen MR) is 79.4 cm³/mol. The summed E-state index contributed by atoms with van der Waals surface area (Å²) in [6, 6.07) is 9.97. The number of nitrogens with one attached hydrogen (secondary N) is 1. The van der Waals surface area contributed by atoms with Crippen LogP contribution in [0.15, 0.2) is 42.5 Å². The van der Waals surface area contributed by atoms with Gasteiger partial charge in [-0.1, -0.05) is 18.2 Å². The summed E-state index contributed by atoms with van der Waals surface area (Å²) in [5, 5.41) is 9.78. The van der Waals surface area contributed by atoms with Gasteiger partial charge in [0, 0.05) is 6.61 Å². The number of fused-ring (bicyclic) bond motifs is 1. The number of alkyl halides is 3. The lowest BCUT2D eigenvalue weighted by molar-refractivity contribution is -0.138. The van der Waals surface area contributed by atoms with Crippen LogP contribution in [0.5, 0.6) is 5.75 Å². The molecule has 0 atom stereocenters. The van der Waals surface area contributed by atoms with Crippen LogP contribution in [-0.2, 0) is 17.3 Å². The van der Waals surface area contributed by atoms with Crippen LogP contribution in [0.1, 0.15) is 11.1 Å². The highest BCUT2D eigenvalue weighted by Crippen LogP contribution is 2.35. The number of rotatable bonds is 3. The Hall–Kier alpha value is -2.19. The molecule has 1 aliphatic heterocycles. The molecular weight excluding hydrogens is 310 g/mol. The van der Waals surface area contributed by atoms with Crippen molar-refractivity contribution in [2.24, 2.45) is 0 Å². The van der Waals surface area contributed by atoms with E-state index in [2.05, 4.69) is 5.48 Å². The molecule has 23 heavy (non-hydrogen) atoms. The number of benzene rings is 2. The van der Waals surface area contributed by atoms with Crippen molar-refractivity contribution in [1.29, 1.82) is 0 Å². The van der Waals surface area contributed by atoms with Crippen LogP contribution in [0.25, 0.3) is 0 Å². The summed E-state index contributed by atoms with van der Waals surface area (Å²) in [5.41, 5.74) is 3.55. The average Bonchev–Trinajstić information content (AvgIpc) is 2.53. The second-order valence-corrected chi connectivity index (χ2v) is 5.08. The first kappa shape index (κ1) is 15.7. The first-order valence-corrected chi connectivity index (χ1v) is 6.97. The highest BCUT2D eigenvalue weighted by Gasteiger charge is 2.34. The van der Waals surface area contributed by atoms with Crippen LogP contribution in [0.2, 0.25) is 0 Å². The van der Waals surface area contributed by atoms with Gasteiger partial charge in [-0.3, -0.25) is 0 Å². The lowest BCUT2D eigenvalue weighted by Gasteiger charge is -2.20. The number of halogens is 3. The first-order valence-electron chi connectivity index (χ1n) is 6.97. The number of hydrogen-bond donors (Lipinski definition) is 2. The van der Waals surface area contributed by atoms with Crippen LogP contribution in [0.4, 0.5) is 18.9 Å². The van der Waals surface area contributed by atoms with E-state index in [-0.39, 0.29) is 5.75 Å². The normalized spacial score (nSPS) is 14.3. The molecule has 8 heteroatoms. The molecule has 0 bridgehead atoms. The van der Waals surface area contributed by atoms with Crippen LogP contribution >= 0.6 is 0 Å². The summed E-state index contributed by atoms with van der Waals surface area (Å²) in [7, 11) is -1.04. The Bertz CT molecular complexity index is 709. The monoisotopic (exact) mass is 323 g/mol. The van der Waals surface area contributed by atoms with Crippen molar-refractivity contribution in [3.63, 3.8) is 0 Å². The van der Waals surface area contributed by atoms with Crippen LogP contribution in [-0.4, -0.2) is 18.7 Å². The summed E-state index contributed by atoms with van der Waals surface area (Å²) in [5.74, 6) is -0.325. The third-order valence-electron chi connectivity index (χ3n) is 3.53. The summed E-state index contributed by atoms with van der Waals surface area (Å²) in [6.45, 7) is 0.427. The van der Waals surface area contributed by atoms with Gasteiger partial charge >= 0.3 is 13.3 Å². The average molecular weight is 323 g/mol. The maximum Gasteiger partial charge on any atom is 0.491 e. The molecule has 0 saturated carbocycles. The summed E-state index contributed by atoms with van der Waals surface area (Å²) in [4.78, 5) is 5.08. The Labute approximate surface area is 130 Å². The topological polar surface area (TPSA) is 50.7 Å². The van der Waals surface area contributed by atoms with E-state index in [4.69, 9.17) is 9.49 Å². The molecule has 0 spiro atoms. The van der Waals surface area contributed by atoms with E-state index in [9.17, 15) is 18.2 Å². The molecule has 0 aliphatic carbocycles. The van der Waals surface area contributed by atoms with Gasteiger partial charge < -0.3 is 14.5 Å². The Morgan fingerprint density at radius 2 is 1.96 bits per heavy atom. The van der Waals surface area contributed by atoms with Crippen LogP contribution < -0.4 is 15.8 Å². The van der Waals surface area contributed by atoms with E-state index in [0.29, 0.717) is 24.2 Å². The molecule has 4 nitrogen and oxygen atoms in total. The van der Waals surface area contributed by atoms with Gasteiger partial charge in [0.1, 0.15) is 5.56 Å². The van der Waals surface area contributed by atoms with Crippen LogP contribution in [0.3, 0.4) is 0 Å². The molecule has 1 aliphatic rings. The van der Waals surface area contributed by atoms with Gasteiger partial charge in [-0.15, -0.1) is 0 Å². The van der Waals surface area contributed by atoms with E-state index in [1.807, 2.05) is 0 Å². The van der Waals surface area contributed by atoms with E-state index in [1.54, 1.807) is 18.2 Å². The van der Waals surface area contributed by atoms with Crippen molar-refractivity contribution in [2.75, 3.05) is 12.1 Å². The van der Waals surface area contributed by atoms with E-state index < -0.39 is 18.9 Å². The van der Waals surface area contributed by atoms with E-state index in [0.717, 1.165) is 11.6 Å². The highest BCUT2D eigenvalue weighted by molar-refractivity contribution is 6.61. The number of anilines is 1. The summed E-state index contributed by atoms with van der Waals surface area (Å²) in [6.07, 6.45) is -3.83. The maximum atomic E-state index is 12.9. The number of para-hydroxylation sites is 1. The van der Waals surface area contributed by atoms with Crippen molar-refractivity contribution in [1.82, 2.24) is 0 Å². The zero-order chi connectivity index (χ0) is 16.4. The largest absolute Gasteiger partial charge is 0.491 e. The molecule has 0 aromatic heterocycles. The Morgan fingerprint density at radius 1 is 1.17 bits per heavy atom. The standard InChI is InChI=1S/C15H13BF3NO3/c17-15(18,19)12-3-1-2-4-14(12)23-20-11-6-5-10-7-8-22-16(21)13(10)9-11/h1-6,9,20-21H,7-8H2. The van der Waals surface area contributed by atoms with E-state index >= 15 is 0 Å². The number of hydrogen-bond acceptors (Lipinski definition) is 4. The fourth-order valence-electron chi connectivity index (χ4n) is 2.39. The molecule has 0 amide bonds. The van der Waals surface area contributed by atoms with Gasteiger partial charge in [0.25, 0.3) is 0 Å². The van der Waals surface area contributed by atoms with Gasteiger partial charge in [0.05, 0.1) is 5.69 Å². The minimum Gasteiger partial charge on any atom is -0.423 e. The zero-order valence-electron chi connectivity index (χ0n) is 11.9. The zero-order valence-corrected chi connectivity index (χ0v) is 11.9. The third kappa shape index (κ3) is 3.43. The van der Waals surface area contributed by atoms with Crippen molar-refractivity contribution in [3.05, 3.63) is 53.6 Å². The summed E-state index contributed by atoms with van der Waals surface area (Å²) >= 11 is 0. The summed E-state index contributed by atoms with van der Waals surface area (Å²) < 4.78 is 43.8. The molecule has 0 radical (unpaired) electrons. The second kappa shape index (κ2) is 6.13. The molecular formula is C15H13BF3NO3. The lowest BCUT2D eigenvalue weighted by Crippen LogP contribution is -2.41. The molecule has 0 unspecified atom stereocenters. The van der Waals surface area contributed by atoms with Gasteiger partial charge in [0.15, 0.2) is 5.75 Å². The quantitative estimate of drug-likeness (QED) is 0.673. The minimum atomic E-state index is -4.50. The van der Waals surface area contributed by atoms with Gasteiger partial charge in [-0.25, -0.2) is 5.48 Å². The SMILES string of the molecule is OB1OCCc2ccc(NOc3ccccc3C(F)(F)F)cc21. The Morgan fingerprint density at radius 3 is 2.74 bits per heavy atom. The Kier molecular flexibility index (Phi) is 4.19. The van der Waals surface area contributed by atoms with Crippen molar-refractivity contribution in [3.8, 4) is 5.75 Å². The van der Waals surface area contributed by atoms with E-state index in [1.165, 1.54) is 18.2 Å². The van der Waals surface area contributed by atoms with Crippen molar-refractivity contribution in [2.45, 2.75) is 12.6 Å². The molecule has 0 fully saturated rings. The fourth-order valence-corrected chi connectivity index (χ4v) is 2.39. The first-order chi connectivity index (χ1) is 10.9. The molecule has 120 valence electrons. The van der Waals surface area contributed by atoms with Crippen molar-refractivity contribution < 1.29 is 27.7 Å². The molecule has 3 rings (SSSR count). The predicted octanol–water partition coefficient (Wildman–Crippen LogP) is 2.37. The second-order valence-electron chi connectivity index (χ2n) is 5.08.